The zero-order chi connectivity index (χ0) is 16.3. The molecule has 0 unspecified atom stereocenters. The Balaban J connectivity index is 2.25. The Morgan fingerprint density at radius 3 is 2.64 bits per heavy atom. The Bertz CT molecular complexity index is 753. The summed E-state index contributed by atoms with van der Waals surface area (Å²) in [7, 11) is 1.26. The number of ether oxygens (including phenoxy) is 1. The monoisotopic (exact) mass is 320 g/mol. The van der Waals surface area contributed by atoms with Crippen LogP contribution >= 0.6 is 11.3 Å². The molecule has 0 bridgehead atoms. The number of aryl methyl sites for hydroxylation is 1. The number of non-ortho nitro benzene ring substituents is 1. The van der Waals surface area contributed by atoms with Crippen LogP contribution in [-0.4, -0.2) is 23.9 Å². The summed E-state index contributed by atoms with van der Waals surface area (Å²) in [6, 6.07) is 5.56. The van der Waals surface area contributed by atoms with E-state index in [-0.39, 0.29) is 10.6 Å². The Kier molecular flexibility index (Phi) is 4.52. The van der Waals surface area contributed by atoms with Gasteiger partial charge in [-0.1, -0.05) is 0 Å². The second-order valence-electron chi connectivity index (χ2n) is 4.37. The number of nitrogens with zero attached hydrogens (tertiary/aromatic N) is 1. The molecular formula is C14H12N2O5S. The van der Waals surface area contributed by atoms with Gasteiger partial charge in [0.05, 0.1) is 17.7 Å². The highest BCUT2D eigenvalue weighted by molar-refractivity contribution is 7.12. The van der Waals surface area contributed by atoms with E-state index in [9.17, 15) is 19.7 Å². The van der Waals surface area contributed by atoms with Crippen LogP contribution in [0.15, 0.2) is 29.6 Å². The molecule has 0 spiro atoms. The molecule has 0 radical (unpaired) electrons. The normalized spacial score (nSPS) is 10.1. The fourth-order valence-electron chi connectivity index (χ4n) is 1.86. The van der Waals surface area contributed by atoms with Crippen LogP contribution in [0.3, 0.4) is 0 Å². The standard InChI is InChI=1S/C14H12N2O5S/c1-8-7-9(16(19)20)3-4-10(8)13(17)15-11-5-6-22-12(11)14(18)21-2/h3-7H,1-2H3,(H,15,17). The molecule has 1 aromatic carbocycles. The second kappa shape index (κ2) is 6.35. The summed E-state index contributed by atoms with van der Waals surface area (Å²) in [6.07, 6.45) is 0. The smallest absolute Gasteiger partial charge is 0.350 e. The number of carbonyl (C=O) groups is 2. The van der Waals surface area contributed by atoms with Crippen LogP contribution in [0.5, 0.6) is 0 Å². The predicted molar refractivity (Wildman–Crippen MR) is 81.4 cm³/mol. The molecule has 7 nitrogen and oxygen atoms in total. The molecule has 0 fully saturated rings. The summed E-state index contributed by atoms with van der Waals surface area (Å²) in [4.78, 5) is 34.3. The van der Waals surface area contributed by atoms with Crippen LogP contribution in [0.4, 0.5) is 11.4 Å². The van der Waals surface area contributed by atoms with Crippen molar-refractivity contribution in [3.8, 4) is 0 Å². The third kappa shape index (κ3) is 3.12. The van der Waals surface area contributed by atoms with Gasteiger partial charge in [-0.05, 0) is 30.0 Å². The molecule has 2 rings (SSSR count). The lowest BCUT2D eigenvalue weighted by molar-refractivity contribution is -0.384. The van der Waals surface area contributed by atoms with E-state index in [1.165, 1.54) is 25.3 Å². The minimum atomic E-state index is -0.536. The zero-order valence-corrected chi connectivity index (χ0v) is 12.6. The lowest BCUT2D eigenvalue weighted by atomic mass is 10.1. The van der Waals surface area contributed by atoms with E-state index in [0.717, 1.165) is 11.3 Å². The molecule has 0 aliphatic heterocycles. The summed E-state index contributed by atoms with van der Waals surface area (Å²) < 4.78 is 4.63. The number of esters is 1. The quantitative estimate of drug-likeness (QED) is 0.530. The summed E-state index contributed by atoms with van der Waals surface area (Å²) in [5, 5.41) is 15.0. The van der Waals surface area contributed by atoms with E-state index in [2.05, 4.69) is 10.1 Å². The van der Waals surface area contributed by atoms with E-state index < -0.39 is 16.8 Å². The molecule has 22 heavy (non-hydrogen) atoms. The van der Waals surface area contributed by atoms with Crippen molar-refractivity contribution >= 4 is 34.6 Å². The summed E-state index contributed by atoms with van der Waals surface area (Å²) in [5.41, 5.74) is 1.04. The number of nitrogens with one attached hydrogen (secondary N) is 1. The van der Waals surface area contributed by atoms with Crippen LogP contribution in [-0.2, 0) is 4.74 Å². The Labute approximate surface area is 129 Å². The van der Waals surface area contributed by atoms with Crippen molar-refractivity contribution in [1.82, 2.24) is 0 Å². The first-order chi connectivity index (χ1) is 10.4. The van der Waals surface area contributed by atoms with E-state index >= 15 is 0 Å². The van der Waals surface area contributed by atoms with Gasteiger partial charge in [0.2, 0.25) is 0 Å². The Hall–Kier alpha value is -2.74. The highest BCUT2D eigenvalue weighted by atomic mass is 32.1. The maximum absolute atomic E-state index is 12.2. The van der Waals surface area contributed by atoms with Gasteiger partial charge in [0, 0.05) is 17.7 Å². The maximum Gasteiger partial charge on any atom is 0.350 e. The van der Waals surface area contributed by atoms with E-state index in [0.29, 0.717) is 16.8 Å². The van der Waals surface area contributed by atoms with Gasteiger partial charge in [-0.2, -0.15) is 0 Å². The van der Waals surface area contributed by atoms with Crippen molar-refractivity contribution in [2.75, 3.05) is 12.4 Å². The molecule has 1 heterocycles. The van der Waals surface area contributed by atoms with Gasteiger partial charge < -0.3 is 10.1 Å². The van der Waals surface area contributed by atoms with Crippen LogP contribution in [0.25, 0.3) is 0 Å². The maximum atomic E-state index is 12.2. The molecule has 0 saturated heterocycles. The van der Waals surface area contributed by atoms with Crippen molar-refractivity contribution in [2.24, 2.45) is 0 Å². The first-order valence-electron chi connectivity index (χ1n) is 6.16. The minimum Gasteiger partial charge on any atom is -0.465 e. The van der Waals surface area contributed by atoms with Gasteiger partial charge in [0.15, 0.2) is 0 Å². The van der Waals surface area contributed by atoms with Crippen molar-refractivity contribution in [2.45, 2.75) is 6.92 Å². The fraction of sp³-hybridized carbons (Fsp3) is 0.143. The first kappa shape index (κ1) is 15.6. The number of carbonyl (C=O) groups excluding carboxylic acids is 2. The van der Waals surface area contributed by atoms with Crippen LogP contribution in [0, 0.1) is 17.0 Å². The summed E-state index contributed by atoms with van der Waals surface area (Å²) in [6.45, 7) is 1.61. The number of anilines is 1. The highest BCUT2D eigenvalue weighted by Gasteiger charge is 2.18. The first-order valence-corrected chi connectivity index (χ1v) is 7.04. The molecule has 1 N–H and O–H groups in total. The predicted octanol–water partition coefficient (Wildman–Crippen LogP) is 3.00. The number of amides is 1. The van der Waals surface area contributed by atoms with Crippen molar-refractivity contribution in [3.63, 3.8) is 0 Å². The van der Waals surface area contributed by atoms with Gasteiger partial charge in [-0.3, -0.25) is 14.9 Å². The minimum absolute atomic E-state index is 0.0835. The van der Waals surface area contributed by atoms with Gasteiger partial charge in [0.1, 0.15) is 4.88 Å². The van der Waals surface area contributed by atoms with E-state index in [4.69, 9.17) is 0 Å². The Morgan fingerprint density at radius 1 is 1.32 bits per heavy atom. The zero-order valence-electron chi connectivity index (χ0n) is 11.8. The van der Waals surface area contributed by atoms with Gasteiger partial charge in [0.25, 0.3) is 11.6 Å². The van der Waals surface area contributed by atoms with Crippen LogP contribution < -0.4 is 5.32 Å². The van der Waals surface area contributed by atoms with E-state index in [1.54, 1.807) is 18.4 Å². The fourth-order valence-corrected chi connectivity index (χ4v) is 2.63. The van der Waals surface area contributed by atoms with Gasteiger partial charge >= 0.3 is 5.97 Å². The van der Waals surface area contributed by atoms with Gasteiger partial charge in [-0.25, -0.2) is 4.79 Å². The lowest BCUT2D eigenvalue weighted by Gasteiger charge is -2.07. The SMILES string of the molecule is COC(=O)c1sccc1NC(=O)c1ccc([N+](=O)[O-])cc1C. The molecule has 1 amide bonds. The Morgan fingerprint density at radius 2 is 2.05 bits per heavy atom. The molecule has 8 heteroatoms. The molecule has 2 aromatic rings. The number of nitro benzene ring substituents is 1. The number of thiophene rings is 1. The molecule has 0 aliphatic rings. The average molecular weight is 320 g/mol. The van der Waals surface area contributed by atoms with Gasteiger partial charge in [-0.15, -0.1) is 11.3 Å². The number of hydrogen-bond acceptors (Lipinski definition) is 6. The molecule has 0 saturated carbocycles. The van der Waals surface area contributed by atoms with Crippen molar-refractivity contribution in [3.05, 3.63) is 55.8 Å². The number of rotatable bonds is 4. The second-order valence-corrected chi connectivity index (χ2v) is 5.28. The van der Waals surface area contributed by atoms with E-state index in [1.807, 2.05) is 0 Å². The van der Waals surface area contributed by atoms with Crippen LogP contribution in [0.1, 0.15) is 25.6 Å². The number of hydrogen-bond donors (Lipinski definition) is 1. The third-order valence-electron chi connectivity index (χ3n) is 2.95. The third-order valence-corrected chi connectivity index (χ3v) is 3.84. The summed E-state index contributed by atoms with van der Waals surface area (Å²) >= 11 is 1.15. The highest BCUT2D eigenvalue weighted by Crippen LogP contribution is 2.25. The lowest BCUT2D eigenvalue weighted by Crippen LogP contribution is -2.15. The van der Waals surface area contributed by atoms with Crippen LogP contribution in [0.2, 0.25) is 0 Å². The number of methoxy groups -OCH3 is 1. The molecular weight excluding hydrogens is 308 g/mol. The average Bonchev–Trinajstić information content (AvgIpc) is 2.94. The molecule has 114 valence electrons. The molecule has 1 aromatic heterocycles. The largest absolute Gasteiger partial charge is 0.465 e. The topological polar surface area (TPSA) is 98.5 Å². The number of benzene rings is 1. The van der Waals surface area contributed by atoms with Crippen molar-refractivity contribution < 1.29 is 19.2 Å². The molecule has 0 aliphatic carbocycles. The van der Waals surface area contributed by atoms with Crippen molar-refractivity contribution in [1.29, 1.82) is 0 Å². The summed E-state index contributed by atoms with van der Waals surface area (Å²) in [5.74, 6) is -0.985. The molecule has 0 atom stereocenters. The number of nitro groups is 1.